The molecule has 101 valence electrons. The number of ether oxygens (including phenoxy) is 1. The number of hydrogen-bond acceptors (Lipinski definition) is 2. The second-order valence-corrected chi connectivity index (χ2v) is 4.60. The van der Waals surface area contributed by atoms with Gasteiger partial charge < -0.3 is 4.74 Å². The van der Waals surface area contributed by atoms with Gasteiger partial charge in [-0.1, -0.05) is 64.9 Å². The van der Waals surface area contributed by atoms with Crippen molar-refractivity contribution in [2.75, 3.05) is 6.61 Å². The molecule has 0 saturated carbocycles. The van der Waals surface area contributed by atoms with Crippen LogP contribution in [0, 0.1) is 6.92 Å². The number of rotatable bonds is 11. The number of esters is 1. The van der Waals surface area contributed by atoms with Gasteiger partial charge in [0.15, 0.2) is 0 Å². The fourth-order valence-corrected chi connectivity index (χ4v) is 1.63. The van der Waals surface area contributed by atoms with E-state index in [1.165, 1.54) is 38.5 Å². The summed E-state index contributed by atoms with van der Waals surface area (Å²) in [6.45, 7) is 9.58. The first-order valence-electron chi connectivity index (χ1n) is 6.80. The van der Waals surface area contributed by atoms with E-state index in [1.807, 2.05) is 0 Å². The number of carbonyl (C=O) groups is 1. The number of unbranched alkanes of at least 4 members (excludes halogenated alkanes) is 8. The zero-order valence-corrected chi connectivity index (χ0v) is 11.3. The molecule has 0 aromatic carbocycles. The average molecular weight is 247 g/mol. The molecule has 3 heteroatoms. The summed E-state index contributed by atoms with van der Waals surface area (Å²) in [5.41, 5.74) is 0.482. The molecular weight excluding hydrogens is 219 g/mol. The van der Waals surface area contributed by atoms with E-state index in [0.29, 0.717) is 12.2 Å². The van der Waals surface area contributed by atoms with E-state index in [-0.39, 0.29) is 24.8 Å². The van der Waals surface area contributed by atoms with Gasteiger partial charge in [0.2, 0.25) is 0 Å². The van der Waals surface area contributed by atoms with E-state index in [4.69, 9.17) is 4.74 Å². The normalized spacial score (nSPS) is 9.67. The number of hydrogen-bond donors (Lipinski definition) is 0. The average Bonchev–Trinajstić information content (AvgIpc) is 2.31. The van der Waals surface area contributed by atoms with Crippen molar-refractivity contribution in [3.63, 3.8) is 0 Å². The van der Waals surface area contributed by atoms with E-state index < -0.39 is 0 Å². The van der Waals surface area contributed by atoms with Crippen LogP contribution in [0.2, 0.25) is 0 Å². The van der Waals surface area contributed by atoms with Gasteiger partial charge in [0.1, 0.15) is 0 Å². The molecule has 0 amide bonds. The van der Waals surface area contributed by atoms with Gasteiger partial charge in [-0.3, -0.25) is 0 Å². The van der Waals surface area contributed by atoms with Crippen molar-refractivity contribution >= 4 is 24.8 Å². The summed E-state index contributed by atoms with van der Waals surface area (Å²) in [7, 11) is 0. The Kier molecular flexibility index (Phi) is 16.6. The Hall–Kier alpha value is -0.193. The van der Waals surface area contributed by atoms with Crippen molar-refractivity contribution in [1.29, 1.82) is 0 Å². The zero-order valence-electron chi connectivity index (χ0n) is 11.3. The summed E-state index contributed by atoms with van der Waals surface area (Å²) in [4.78, 5) is 11.1. The Morgan fingerprint density at radius 1 is 0.944 bits per heavy atom. The minimum absolute atomic E-state index is 0. The third-order valence-corrected chi connectivity index (χ3v) is 2.73. The molecule has 0 fully saturated rings. The fraction of sp³-hybridized carbons (Fsp3) is 0.733. The molecule has 0 aliphatic carbocycles. The molecule has 1 radical (unpaired) electrons. The van der Waals surface area contributed by atoms with Crippen LogP contribution in [-0.4, -0.2) is 31.4 Å². The van der Waals surface area contributed by atoms with E-state index >= 15 is 0 Å². The molecule has 0 aliphatic heterocycles. The van der Waals surface area contributed by atoms with Crippen molar-refractivity contribution in [1.82, 2.24) is 0 Å². The summed E-state index contributed by atoms with van der Waals surface area (Å²) in [5.74, 6) is -0.266. The summed E-state index contributed by atoms with van der Waals surface area (Å²) >= 11 is 0. The second kappa shape index (κ2) is 14.9. The zero-order chi connectivity index (χ0) is 12.9. The van der Waals surface area contributed by atoms with Crippen LogP contribution in [0.5, 0.6) is 0 Å². The van der Waals surface area contributed by atoms with E-state index in [9.17, 15) is 4.79 Å². The SMILES string of the molecule is [CH2]CCCCCCCCCCOC(=O)C(=C)C.[LiH]. The van der Waals surface area contributed by atoms with Gasteiger partial charge in [-0.25, -0.2) is 4.79 Å². The second-order valence-electron chi connectivity index (χ2n) is 4.60. The van der Waals surface area contributed by atoms with Crippen LogP contribution in [0.1, 0.15) is 64.7 Å². The summed E-state index contributed by atoms with van der Waals surface area (Å²) in [6, 6.07) is 0. The van der Waals surface area contributed by atoms with E-state index in [2.05, 4.69) is 13.5 Å². The molecule has 0 aliphatic rings. The molecule has 0 aromatic rings. The molecule has 0 bridgehead atoms. The summed E-state index contributed by atoms with van der Waals surface area (Å²) in [6.07, 6.45) is 11.0. The molecule has 0 atom stereocenters. The molecular formula is C15H28LiO2. The Morgan fingerprint density at radius 3 is 1.83 bits per heavy atom. The van der Waals surface area contributed by atoms with Gasteiger partial charge in [-0.05, 0) is 13.3 Å². The molecule has 0 N–H and O–H groups in total. The predicted octanol–water partition coefficient (Wildman–Crippen LogP) is 3.80. The van der Waals surface area contributed by atoms with Crippen LogP contribution in [0.25, 0.3) is 0 Å². The van der Waals surface area contributed by atoms with Crippen molar-refractivity contribution in [3.8, 4) is 0 Å². The topological polar surface area (TPSA) is 26.3 Å². The molecule has 0 unspecified atom stereocenters. The molecule has 0 saturated heterocycles. The van der Waals surface area contributed by atoms with Gasteiger partial charge in [0.25, 0.3) is 0 Å². The predicted molar refractivity (Wildman–Crippen MR) is 79.8 cm³/mol. The van der Waals surface area contributed by atoms with Crippen LogP contribution in [0.4, 0.5) is 0 Å². The Balaban J connectivity index is 0. The molecule has 18 heavy (non-hydrogen) atoms. The fourth-order valence-electron chi connectivity index (χ4n) is 1.63. The summed E-state index contributed by atoms with van der Waals surface area (Å²) < 4.78 is 5.02. The Morgan fingerprint density at radius 2 is 1.39 bits per heavy atom. The van der Waals surface area contributed by atoms with Crippen LogP contribution in [-0.2, 0) is 9.53 Å². The van der Waals surface area contributed by atoms with Crippen LogP contribution in [0.3, 0.4) is 0 Å². The van der Waals surface area contributed by atoms with Crippen molar-refractivity contribution in [3.05, 3.63) is 19.1 Å². The molecule has 0 spiro atoms. The molecule has 0 heterocycles. The first-order chi connectivity index (χ1) is 8.18. The quantitative estimate of drug-likeness (QED) is 0.240. The monoisotopic (exact) mass is 247 g/mol. The first kappa shape index (κ1) is 20.1. The Labute approximate surface area is 125 Å². The van der Waals surface area contributed by atoms with Gasteiger partial charge >= 0.3 is 24.8 Å². The molecule has 2 nitrogen and oxygen atoms in total. The standard InChI is InChI=1S/C15H27O2.Li.H/c1-4-5-6-7-8-9-10-11-12-13-17-15(16)14(2)3;;/h1-2,4-13H2,3H3;;. The van der Waals surface area contributed by atoms with Gasteiger partial charge in [0.05, 0.1) is 6.61 Å². The third kappa shape index (κ3) is 13.9. The van der Waals surface area contributed by atoms with Crippen molar-refractivity contribution in [2.24, 2.45) is 0 Å². The van der Waals surface area contributed by atoms with E-state index in [0.717, 1.165) is 19.3 Å². The van der Waals surface area contributed by atoms with Gasteiger partial charge in [-0.2, -0.15) is 0 Å². The number of carbonyl (C=O) groups excluding carboxylic acids is 1. The van der Waals surface area contributed by atoms with Crippen LogP contribution in [0.15, 0.2) is 12.2 Å². The van der Waals surface area contributed by atoms with E-state index in [1.54, 1.807) is 6.92 Å². The Bertz CT molecular complexity index is 215. The minimum atomic E-state index is -0.266. The maximum atomic E-state index is 11.1. The summed E-state index contributed by atoms with van der Waals surface area (Å²) in [5, 5.41) is 0. The third-order valence-electron chi connectivity index (χ3n) is 2.73. The van der Waals surface area contributed by atoms with Crippen LogP contribution >= 0.6 is 0 Å². The van der Waals surface area contributed by atoms with Crippen molar-refractivity contribution in [2.45, 2.75) is 64.7 Å². The van der Waals surface area contributed by atoms with Gasteiger partial charge in [-0.15, -0.1) is 0 Å². The van der Waals surface area contributed by atoms with Crippen molar-refractivity contribution < 1.29 is 9.53 Å². The maximum absolute atomic E-state index is 11.1. The molecule has 0 rings (SSSR count). The first-order valence-corrected chi connectivity index (χ1v) is 6.80. The molecule has 0 aromatic heterocycles. The van der Waals surface area contributed by atoms with Gasteiger partial charge in [0, 0.05) is 5.57 Å². The van der Waals surface area contributed by atoms with Crippen LogP contribution < -0.4 is 0 Å².